The van der Waals surface area contributed by atoms with Gasteiger partial charge in [-0.25, -0.2) is 4.39 Å². The summed E-state index contributed by atoms with van der Waals surface area (Å²) in [4.78, 5) is 0. The van der Waals surface area contributed by atoms with Crippen molar-refractivity contribution in [3.8, 4) is 22.6 Å². The Labute approximate surface area is 131 Å². The Balaban J connectivity index is 1.88. The monoisotopic (exact) mass is 342 g/mol. The molecule has 0 saturated carbocycles. The molecule has 3 aromatic rings. The van der Waals surface area contributed by atoms with Crippen molar-refractivity contribution < 1.29 is 9.13 Å². The van der Waals surface area contributed by atoms with Crippen molar-refractivity contribution in [1.29, 1.82) is 0 Å². The second-order valence-electron chi connectivity index (χ2n) is 4.57. The summed E-state index contributed by atoms with van der Waals surface area (Å²) in [5, 5.41) is 0. The molecule has 0 aliphatic heterocycles. The molecule has 0 aromatic heterocycles. The molecular formula is C18H12BrFO. The number of hydrogen-bond acceptors (Lipinski definition) is 1. The van der Waals surface area contributed by atoms with Crippen LogP contribution in [0.25, 0.3) is 11.1 Å². The Morgan fingerprint density at radius 2 is 1.43 bits per heavy atom. The van der Waals surface area contributed by atoms with E-state index in [2.05, 4.69) is 15.9 Å². The van der Waals surface area contributed by atoms with Crippen LogP contribution in [0.4, 0.5) is 4.39 Å². The van der Waals surface area contributed by atoms with Gasteiger partial charge in [-0.05, 0) is 47.5 Å². The first kappa shape index (κ1) is 13.8. The minimum absolute atomic E-state index is 0.224. The van der Waals surface area contributed by atoms with E-state index in [1.807, 2.05) is 48.5 Å². The lowest BCUT2D eigenvalue weighted by Crippen LogP contribution is -1.89. The minimum atomic E-state index is -0.376. The van der Waals surface area contributed by atoms with Crippen molar-refractivity contribution in [2.24, 2.45) is 0 Å². The molecule has 0 aliphatic carbocycles. The van der Waals surface area contributed by atoms with Gasteiger partial charge in [0.05, 0.1) is 0 Å². The molecule has 0 fully saturated rings. The number of para-hydroxylation sites is 1. The molecule has 21 heavy (non-hydrogen) atoms. The van der Waals surface area contributed by atoms with Gasteiger partial charge in [-0.3, -0.25) is 0 Å². The summed E-state index contributed by atoms with van der Waals surface area (Å²) in [6.07, 6.45) is 0. The van der Waals surface area contributed by atoms with E-state index in [0.717, 1.165) is 15.6 Å². The van der Waals surface area contributed by atoms with Crippen molar-refractivity contribution in [2.45, 2.75) is 0 Å². The average Bonchev–Trinajstić information content (AvgIpc) is 2.51. The zero-order valence-corrected chi connectivity index (χ0v) is 12.7. The topological polar surface area (TPSA) is 9.23 Å². The molecule has 3 heteroatoms. The number of benzene rings is 3. The van der Waals surface area contributed by atoms with E-state index in [1.165, 1.54) is 6.07 Å². The lowest BCUT2D eigenvalue weighted by atomic mass is 10.1. The Bertz CT molecular complexity index is 739. The largest absolute Gasteiger partial charge is 0.454 e. The van der Waals surface area contributed by atoms with Crippen LogP contribution in [0.15, 0.2) is 77.3 Å². The van der Waals surface area contributed by atoms with E-state index in [9.17, 15) is 4.39 Å². The second kappa shape index (κ2) is 6.10. The third-order valence-corrected chi connectivity index (χ3v) is 3.61. The summed E-state index contributed by atoms with van der Waals surface area (Å²) >= 11 is 3.39. The standard InChI is InChI=1S/C18H12BrFO/c19-15-9-6-13(7-10-15)14-8-11-18(17(20)12-14)21-16-4-2-1-3-5-16/h1-12H. The highest BCUT2D eigenvalue weighted by atomic mass is 79.9. The fourth-order valence-electron chi connectivity index (χ4n) is 2.02. The molecular weight excluding hydrogens is 331 g/mol. The molecule has 3 rings (SSSR count). The maximum absolute atomic E-state index is 14.2. The third kappa shape index (κ3) is 3.31. The lowest BCUT2D eigenvalue weighted by Gasteiger charge is -2.08. The molecule has 104 valence electrons. The summed E-state index contributed by atoms with van der Waals surface area (Å²) in [6.45, 7) is 0. The molecule has 1 nitrogen and oxygen atoms in total. The van der Waals surface area contributed by atoms with Gasteiger partial charge in [-0.2, -0.15) is 0 Å². The molecule has 3 aromatic carbocycles. The van der Waals surface area contributed by atoms with Crippen LogP contribution < -0.4 is 4.74 Å². The second-order valence-corrected chi connectivity index (χ2v) is 5.48. The Morgan fingerprint density at radius 1 is 0.762 bits per heavy atom. The maximum Gasteiger partial charge on any atom is 0.166 e. The molecule has 0 atom stereocenters. The first-order valence-electron chi connectivity index (χ1n) is 6.51. The number of hydrogen-bond donors (Lipinski definition) is 0. The summed E-state index contributed by atoms with van der Waals surface area (Å²) in [6, 6.07) is 21.9. The minimum Gasteiger partial charge on any atom is -0.454 e. The first-order valence-corrected chi connectivity index (χ1v) is 7.30. The lowest BCUT2D eigenvalue weighted by molar-refractivity contribution is 0.442. The molecule has 0 aliphatic rings. The Kier molecular flexibility index (Phi) is 4.02. The van der Waals surface area contributed by atoms with Crippen molar-refractivity contribution in [1.82, 2.24) is 0 Å². The van der Waals surface area contributed by atoms with Crippen LogP contribution >= 0.6 is 15.9 Å². The van der Waals surface area contributed by atoms with E-state index < -0.39 is 0 Å². The average molecular weight is 343 g/mol. The fourth-order valence-corrected chi connectivity index (χ4v) is 2.29. The predicted octanol–water partition coefficient (Wildman–Crippen LogP) is 6.05. The summed E-state index contributed by atoms with van der Waals surface area (Å²) < 4.78 is 20.7. The Hall–Kier alpha value is -2.13. The molecule has 0 radical (unpaired) electrons. The van der Waals surface area contributed by atoms with Crippen LogP contribution in [0.5, 0.6) is 11.5 Å². The Morgan fingerprint density at radius 3 is 2.10 bits per heavy atom. The maximum atomic E-state index is 14.2. The van der Waals surface area contributed by atoms with Crippen LogP contribution in [0, 0.1) is 5.82 Å². The number of rotatable bonds is 3. The molecule has 0 bridgehead atoms. The summed E-state index contributed by atoms with van der Waals surface area (Å²) in [7, 11) is 0. The number of halogens is 2. The first-order chi connectivity index (χ1) is 10.2. The van der Waals surface area contributed by atoms with Crippen LogP contribution in [0.1, 0.15) is 0 Å². The molecule has 0 saturated heterocycles. The highest BCUT2D eigenvalue weighted by Gasteiger charge is 2.07. The molecule has 0 N–H and O–H groups in total. The van der Waals surface area contributed by atoms with Gasteiger partial charge in [0, 0.05) is 4.47 Å². The summed E-state index contributed by atoms with van der Waals surface area (Å²) in [5.41, 5.74) is 1.78. The predicted molar refractivity (Wildman–Crippen MR) is 86.1 cm³/mol. The van der Waals surface area contributed by atoms with Gasteiger partial charge < -0.3 is 4.74 Å². The van der Waals surface area contributed by atoms with E-state index in [0.29, 0.717) is 5.75 Å². The molecule has 0 amide bonds. The summed E-state index contributed by atoms with van der Waals surface area (Å²) in [5.74, 6) is 0.467. The quantitative estimate of drug-likeness (QED) is 0.563. The van der Waals surface area contributed by atoms with Crippen LogP contribution in [0.2, 0.25) is 0 Å². The highest BCUT2D eigenvalue weighted by Crippen LogP contribution is 2.29. The SMILES string of the molecule is Fc1cc(-c2ccc(Br)cc2)ccc1Oc1ccccc1. The van der Waals surface area contributed by atoms with Gasteiger partial charge in [0.15, 0.2) is 11.6 Å². The van der Waals surface area contributed by atoms with Gasteiger partial charge in [0.25, 0.3) is 0 Å². The van der Waals surface area contributed by atoms with Gasteiger partial charge >= 0.3 is 0 Å². The van der Waals surface area contributed by atoms with Crippen molar-refractivity contribution >= 4 is 15.9 Å². The molecule has 0 spiro atoms. The van der Waals surface area contributed by atoms with Crippen molar-refractivity contribution in [3.05, 3.63) is 83.1 Å². The van der Waals surface area contributed by atoms with Gasteiger partial charge in [-0.15, -0.1) is 0 Å². The van der Waals surface area contributed by atoms with Crippen LogP contribution in [-0.4, -0.2) is 0 Å². The normalized spacial score (nSPS) is 10.4. The van der Waals surface area contributed by atoms with Crippen molar-refractivity contribution in [2.75, 3.05) is 0 Å². The van der Waals surface area contributed by atoms with Gasteiger partial charge in [0.2, 0.25) is 0 Å². The van der Waals surface area contributed by atoms with E-state index in [4.69, 9.17) is 4.74 Å². The zero-order chi connectivity index (χ0) is 14.7. The van der Waals surface area contributed by atoms with E-state index in [1.54, 1.807) is 18.2 Å². The van der Waals surface area contributed by atoms with Crippen molar-refractivity contribution in [3.63, 3.8) is 0 Å². The van der Waals surface area contributed by atoms with Crippen LogP contribution in [0.3, 0.4) is 0 Å². The van der Waals surface area contributed by atoms with E-state index >= 15 is 0 Å². The molecule has 0 unspecified atom stereocenters. The van der Waals surface area contributed by atoms with Crippen LogP contribution in [-0.2, 0) is 0 Å². The highest BCUT2D eigenvalue weighted by molar-refractivity contribution is 9.10. The third-order valence-electron chi connectivity index (χ3n) is 3.08. The van der Waals surface area contributed by atoms with Gasteiger partial charge in [0.1, 0.15) is 5.75 Å². The number of ether oxygens (including phenoxy) is 1. The smallest absolute Gasteiger partial charge is 0.166 e. The fraction of sp³-hybridized carbons (Fsp3) is 0. The van der Waals surface area contributed by atoms with Gasteiger partial charge in [-0.1, -0.05) is 52.3 Å². The molecule has 0 heterocycles. The zero-order valence-electron chi connectivity index (χ0n) is 11.1. The van der Waals surface area contributed by atoms with E-state index in [-0.39, 0.29) is 11.6 Å².